The molecule has 0 atom stereocenters. The number of amides is 1. The fourth-order valence-electron chi connectivity index (χ4n) is 3.22. The zero-order chi connectivity index (χ0) is 19.9. The van der Waals surface area contributed by atoms with Gasteiger partial charge in [0.1, 0.15) is 5.82 Å². The maximum absolute atomic E-state index is 12.8. The van der Waals surface area contributed by atoms with Gasteiger partial charge in [0.15, 0.2) is 0 Å². The molecule has 0 bridgehead atoms. The smallest absolute Gasteiger partial charge is 0.339 e. The Balaban J connectivity index is 1.62. The predicted molar refractivity (Wildman–Crippen MR) is 107 cm³/mol. The van der Waals surface area contributed by atoms with Crippen LogP contribution in [0.15, 0.2) is 42.6 Å². The summed E-state index contributed by atoms with van der Waals surface area (Å²) in [4.78, 5) is 33.0. The van der Waals surface area contributed by atoms with Gasteiger partial charge in [-0.15, -0.1) is 0 Å². The van der Waals surface area contributed by atoms with Gasteiger partial charge in [0.05, 0.1) is 12.2 Å². The van der Waals surface area contributed by atoms with Crippen molar-refractivity contribution in [3.05, 3.63) is 59.3 Å². The van der Waals surface area contributed by atoms with E-state index in [1.165, 1.54) is 0 Å². The van der Waals surface area contributed by atoms with Crippen molar-refractivity contribution in [2.45, 2.75) is 19.9 Å². The maximum Gasteiger partial charge on any atom is 0.339 e. The van der Waals surface area contributed by atoms with Crippen LogP contribution in [0.25, 0.3) is 0 Å². The molecule has 0 aliphatic carbocycles. The molecule has 1 amide bonds. The van der Waals surface area contributed by atoms with Crippen molar-refractivity contribution in [2.24, 2.45) is 5.73 Å². The highest BCUT2D eigenvalue weighted by Gasteiger charge is 2.21. The van der Waals surface area contributed by atoms with Crippen molar-refractivity contribution < 1.29 is 14.3 Å². The third-order valence-corrected chi connectivity index (χ3v) is 4.80. The first kappa shape index (κ1) is 19.8. The average molecular weight is 382 g/mol. The molecule has 0 unspecified atom stereocenters. The number of carbonyl (C=O) groups excluding carboxylic acids is 2. The summed E-state index contributed by atoms with van der Waals surface area (Å²) in [6, 6.07) is 11.0. The number of pyridine rings is 1. The highest BCUT2D eigenvalue weighted by molar-refractivity contribution is 5.94. The van der Waals surface area contributed by atoms with Crippen molar-refractivity contribution in [1.29, 1.82) is 0 Å². The number of ether oxygens (including phenoxy) is 1. The Labute approximate surface area is 165 Å². The van der Waals surface area contributed by atoms with E-state index in [-0.39, 0.29) is 11.9 Å². The molecular weight excluding hydrogens is 356 g/mol. The summed E-state index contributed by atoms with van der Waals surface area (Å²) in [6.45, 7) is 5.41. The number of benzene rings is 1. The molecule has 2 N–H and O–H groups in total. The van der Waals surface area contributed by atoms with Crippen LogP contribution >= 0.6 is 0 Å². The molecule has 1 aromatic heterocycles. The van der Waals surface area contributed by atoms with Crippen LogP contribution in [0.1, 0.15) is 39.6 Å². The minimum Gasteiger partial charge on any atom is -0.462 e. The number of nitrogens with zero attached hydrogens (tertiary/aromatic N) is 3. The number of esters is 1. The molecule has 1 aliphatic rings. The highest BCUT2D eigenvalue weighted by atomic mass is 16.5. The summed E-state index contributed by atoms with van der Waals surface area (Å²) in [5.74, 6) is 0.473. The molecule has 1 aromatic carbocycles. The van der Waals surface area contributed by atoms with Crippen molar-refractivity contribution in [3.8, 4) is 0 Å². The molecule has 7 nitrogen and oxygen atoms in total. The molecule has 1 aliphatic heterocycles. The molecule has 1 saturated heterocycles. The van der Waals surface area contributed by atoms with Gasteiger partial charge in [-0.25, -0.2) is 9.78 Å². The zero-order valence-corrected chi connectivity index (χ0v) is 16.1. The Morgan fingerprint density at radius 1 is 1.04 bits per heavy atom. The van der Waals surface area contributed by atoms with E-state index in [2.05, 4.69) is 9.88 Å². The Morgan fingerprint density at radius 2 is 1.79 bits per heavy atom. The summed E-state index contributed by atoms with van der Waals surface area (Å²) in [7, 11) is 0. The van der Waals surface area contributed by atoms with Crippen molar-refractivity contribution in [1.82, 2.24) is 9.88 Å². The first-order valence-electron chi connectivity index (χ1n) is 9.58. The lowest BCUT2D eigenvalue weighted by molar-refractivity contribution is 0.0525. The minimum atomic E-state index is -0.366. The number of hydrogen-bond donors (Lipinski definition) is 1. The van der Waals surface area contributed by atoms with Crippen LogP contribution in [0.3, 0.4) is 0 Å². The van der Waals surface area contributed by atoms with E-state index in [9.17, 15) is 9.59 Å². The average Bonchev–Trinajstić information content (AvgIpc) is 3.00. The van der Waals surface area contributed by atoms with Crippen LogP contribution in [0.5, 0.6) is 0 Å². The molecule has 0 saturated carbocycles. The molecule has 28 heavy (non-hydrogen) atoms. The Bertz CT molecular complexity index is 805. The van der Waals surface area contributed by atoms with E-state index in [0.29, 0.717) is 43.9 Å². The molecule has 7 heteroatoms. The van der Waals surface area contributed by atoms with E-state index < -0.39 is 0 Å². The second kappa shape index (κ2) is 9.32. The van der Waals surface area contributed by atoms with Crippen LogP contribution < -0.4 is 10.6 Å². The van der Waals surface area contributed by atoms with Crippen molar-refractivity contribution in [3.63, 3.8) is 0 Å². The fraction of sp³-hybridized carbons (Fsp3) is 0.381. The SMILES string of the molecule is CCOC(=O)c1ccc(N2CCCN(C(=O)c3ccc(CN)cc3)CC2)nc1. The molecule has 0 spiro atoms. The molecular formula is C21H26N4O3. The lowest BCUT2D eigenvalue weighted by Crippen LogP contribution is -2.35. The van der Waals surface area contributed by atoms with Crippen LogP contribution in [-0.2, 0) is 11.3 Å². The summed E-state index contributed by atoms with van der Waals surface area (Å²) in [6.07, 6.45) is 2.40. The van der Waals surface area contributed by atoms with E-state index in [1.54, 1.807) is 19.2 Å². The van der Waals surface area contributed by atoms with E-state index in [0.717, 1.165) is 24.3 Å². The molecule has 2 heterocycles. The highest BCUT2D eigenvalue weighted by Crippen LogP contribution is 2.16. The van der Waals surface area contributed by atoms with Gasteiger partial charge >= 0.3 is 5.97 Å². The summed E-state index contributed by atoms with van der Waals surface area (Å²) >= 11 is 0. The topological polar surface area (TPSA) is 88.8 Å². The van der Waals surface area contributed by atoms with Crippen LogP contribution in [0, 0.1) is 0 Å². The van der Waals surface area contributed by atoms with Gasteiger partial charge in [0.2, 0.25) is 0 Å². The number of nitrogens with two attached hydrogens (primary N) is 1. The molecule has 0 radical (unpaired) electrons. The quantitative estimate of drug-likeness (QED) is 0.797. The number of aromatic nitrogens is 1. The second-order valence-electron chi connectivity index (χ2n) is 6.66. The van der Waals surface area contributed by atoms with Gasteiger partial charge in [-0.1, -0.05) is 12.1 Å². The van der Waals surface area contributed by atoms with Gasteiger partial charge in [0.25, 0.3) is 5.91 Å². The molecule has 2 aromatic rings. The number of carbonyl (C=O) groups is 2. The summed E-state index contributed by atoms with van der Waals surface area (Å²) < 4.78 is 4.99. The molecule has 148 valence electrons. The lowest BCUT2D eigenvalue weighted by Gasteiger charge is -2.23. The zero-order valence-electron chi connectivity index (χ0n) is 16.1. The van der Waals surface area contributed by atoms with Crippen LogP contribution in [0.2, 0.25) is 0 Å². The number of anilines is 1. The predicted octanol–water partition coefficient (Wildman–Crippen LogP) is 2.07. The fourth-order valence-corrected chi connectivity index (χ4v) is 3.22. The maximum atomic E-state index is 12.8. The second-order valence-corrected chi connectivity index (χ2v) is 6.66. The Kier molecular flexibility index (Phi) is 6.60. The van der Waals surface area contributed by atoms with Crippen molar-refractivity contribution >= 4 is 17.7 Å². The van der Waals surface area contributed by atoms with E-state index >= 15 is 0 Å². The number of hydrogen-bond acceptors (Lipinski definition) is 6. The normalized spacial score (nSPS) is 14.5. The number of rotatable bonds is 5. The van der Waals surface area contributed by atoms with Gasteiger partial charge in [-0.05, 0) is 43.2 Å². The van der Waals surface area contributed by atoms with Gasteiger partial charge in [0, 0.05) is 44.5 Å². The molecule has 3 rings (SSSR count). The molecule has 1 fully saturated rings. The van der Waals surface area contributed by atoms with Gasteiger partial charge in [-0.2, -0.15) is 0 Å². The summed E-state index contributed by atoms with van der Waals surface area (Å²) in [5.41, 5.74) is 7.75. The van der Waals surface area contributed by atoms with Crippen LogP contribution in [0.4, 0.5) is 5.82 Å². The van der Waals surface area contributed by atoms with E-state index in [4.69, 9.17) is 10.5 Å². The first-order valence-corrected chi connectivity index (χ1v) is 9.58. The largest absolute Gasteiger partial charge is 0.462 e. The van der Waals surface area contributed by atoms with Gasteiger partial charge in [-0.3, -0.25) is 4.79 Å². The van der Waals surface area contributed by atoms with Crippen molar-refractivity contribution in [2.75, 3.05) is 37.7 Å². The third-order valence-electron chi connectivity index (χ3n) is 4.80. The van der Waals surface area contributed by atoms with E-state index in [1.807, 2.05) is 35.2 Å². The van der Waals surface area contributed by atoms with Crippen LogP contribution in [-0.4, -0.2) is 54.5 Å². The standard InChI is InChI=1S/C21H26N4O3/c1-2-28-21(27)18-8-9-19(23-15-18)24-10-3-11-25(13-12-24)20(26)17-6-4-16(14-22)5-7-17/h4-9,15H,2-3,10-14,22H2,1H3. The monoisotopic (exact) mass is 382 g/mol. The lowest BCUT2D eigenvalue weighted by atomic mass is 10.1. The minimum absolute atomic E-state index is 0.0380. The first-order chi connectivity index (χ1) is 13.6. The summed E-state index contributed by atoms with van der Waals surface area (Å²) in [5, 5.41) is 0. The Hall–Kier alpha value is -2.93. The third kappa shape index (κ3) is 4.67. The Morgan fingerprint density at radius 3 is 2.43 bits per heavy atom. The van der Waals surface area contributed by atoms with Gasteiger partial charge < -0.3 is 20.3 Å².